The van der Waals surface area contributed by atoms with Crippen molar-refractivity contribution in [2.24, 2.45) is 10.9 Å². The number of halogens is 2. The fraction of sp³-hybridized carbons (Fsp3) is 0.320. The summed E-state index contributed by atoms with van der Waals surface area (Å²) in [5, 5.41) is 2.17. The minimum absolute atomic E-state index is 0.258. The van der Waals surface area contributed by atoms with Crippen LogP contribution in [0.5, 0.6) is 5.75 Å². The van der Waals surface area contributed by atoms with Crippen LogP contribution < -0.4 is 9.46 Å². The first-order valence-electron chi connectivity index (χ1n) is 10.6. The molecule has 0 fully saturated rings. The average molecular weight is 493 g/mol. The first-order chi connectivity index (χ1) is 15.6. The Morgan fingerprint density at radius 2 is 2.06 bits per heavy atom. The van der Waals surface area contributed by atoms with Crippen molar-refractivity contribution in [1.29, 1.82) is 0 Å². The van der Waals surface area contributed by atoms with E-state index in [4.69, 9.17) is 16.3 Å². The van der Waals surface area contributed by atoms with Gasteiger partial charge in [0.2, 0.25) is 0 Å². The number of thioether (sulfide) groups is 1. The summed E-state index contributed by atoms with van der Waals surface area (Å²) in [6.45, 7) is 7.95. The van der Waals surface area contributed by atoms with Crippen LogP contribution in [-0.2, 0) is 0 Å². The van der Waals surface area contributed by atoms with E-state index in [1.165, 1.54) is 29.0 Å². The first kappa shape index (κ1) is 26.4. The van der Waals surface area contributed by atoms with Gasteiger partial charge in [-0.1, -0.05) is 61.9 Å². The van der Waals surface area contributed by atoms with E-state index in [-0.39, 0.29) is 5.92 Å². The number of aliphatic imine (C=N–C) groups is 1. The molecule has 172 valence electrons. The van der Waals surface area contributed by atoms with Crippen molar-refractivity contribution >= 4 is 47.6 Å². The highest BCUT2D eigenvalue weighted by Gasteiger charge is 2.21. The minimum Gasteiger partial charge on any atom is -0.491 e. The SMILES string of the molecule is C=N/C(=C\SC)NSc1cc(Cl)c(OCC2CCCC=C2c2ccccc2)cc1F.CC. The van der Waals surface area contributed by atoms with Crippen molar-refractivity contribution in [2.75, 3.05) is 12.9 Å². The number of allylic oxidation sites excluding steroid dienone is 1. The van der Waals surface area contributed by atoms with Gasteiger partial charge in [0.05, 0.1) is 16.5 Å². The maximum Gasteiger partial charge on any atom is 0.142 e. The van der Waals surface area contributed by atoms with Gasteiger partial charge in [-0.25, -0.2) is 9.38 Å². The summed E-state index contributed by atoms with van der Waals surface area (Å²) in [7, 11) is 0. The third-order valence-corrected chi connectivity index (χ3v) is 6.36. The van der Waals surface area contributed by atoms with E-state index in [9.17, 15) is 4.39 Å². The van der Waals surface area contributed by atoms with Crippen molar-refractivity contribution in [3.8, 4) is 5.75 Å². The number of nitrogens with zero attached hydrogens (tertiary/aromatic N) is 1. The van der Waals surface area contributed by atoms with E-state index < -0.39 is 5.82 Å². The number of nitrogens with one attached hydrogen (secondary N) is 1. The van der Waals surface area contributed by atoms with Crippen molar-refractivity contribution in [3.05, 3.63) is 76.2 Å². The van der Waals surface area contributed by atoms with Gasteiger partial charge in [0.25, 0.3) is 0 Å². The van der Waals surface area contributed by atoms with Gasteiger partial charge in [-0.05, 0) is 61.4 Å². The molecule has 0 bridgehead atoms. The number of ether oxygens (including phenoxy) is 1. The Kier molecular flexibility index (Phi) is 11.8. The summed E-state index contributed by atoms with van der Waals surface area (Å²) >= 11 is 8.96. The minimum atomic E-state index is -0.401. The second kappa shape index (κ2) is 14.3. The number of rotatable bonds is 9. The molecule has 0 radical (unpaired) electrons. The van der Waals surface area contributed by atoms with Gasteiger partial charge in [0.1, 0.15) is 17.4 Å². The van der Waals surface area contributed by atoms with E-state index in [0.717, 1.165) is 31.2 Å². The monoisotopic (exact) mass is 492 g/mol. The molecule has 0 aliphatic heterocycles. The summed E-state index contributed by atoms with van der Waals surface area (Å²) < 4.78 is 23.5. The first-order valence-corrected chi connectivity index (χ1v) is 13.1. The van der Waals surface area contributed by atoms with Crippen molar-refractivity contribution in [3.63, 3.8) is 0 Å². The van der Waals surface area contributed by atoms with Crippen molar-refractivity contribution < 1.29 is 9.13 Å². The molecule has 2 aromatic rings. The Hall–Kier alpha value is -1.89. The lowest BCUT2D eigenvalue weighted by molar-refractivity contribution is 0.267. The van der Waals surface area contributed by atoms with Gasteiger partial charge in [-0.15, -0.1) is 11.8 Å². The standard InChI is InChI=1S/C23H24ClFN2OS2.C2H6/c1-26-23(15-29-2)27-30-22-12-19(24)21(13-20(22)25)28-14-17-10-6-7-11-18(17)16-8-4-3-5-9-16;1-2/h3-5,8-9,11-13,15,17,27H,1,6-7,10,14H2,2H3;1-2H3/b23-15+;. The molecule has 0 saturated heterocycles. The van der Waals surface area contributed by atoms with E-state index in [1.54, 1.807) is 11.5 Å². The highest BCUT2D eigenvalue weighted by atomic mass is 35.5. The molecule has 0 spiro atoms. The normalized spacial score (nSPS) is 15.8. The summed E-state index contributed by atoms with van der Waals surface area (Å²) in [5.74, 6) is 0.773. The van der Waals surface area contributed by atoms with E-state index in [2.05, 4.69) is 34.6 Å². The van der Waals surface area contributed by atoms with Gasteiger partial charge in [0.15, 0.2) is 0 Å². The van der Waals surface area contributed by atoms with Crippen LogP contribution in [0.15, 0.2) is 69.7 Å². The van der Waals surface area contributed by atoms with E-state index >= 15 is 0 Å². The Balaban J connectivity index is 0.00000176. The van der Waals surface area contributed by atoms with Gasteiger partial charge >= 0.3 is 0 Å². The summed E-state index contributed by atoms with van der Waals surface area (Å²) in [6.07, 6.45) is 7.43. The molecule has 2 aromatic carbocycles. The lowest BCUT2D eigenvalue weighted by atomic mass is 9.84. The zero-order chi connectivity index (χ0) is 23.3. The molecule has 1 aliphatic carbocycles. The van der Waals surface area contributed by atoms with Crippen LogP contribution >= 0.6 is 35.3 Å². The Bertz CT molecular complexity index is 935. The van der Waals surface area contributed by atoms with Gasteiger partial charge in [-0.2, -0.15) is 0 Å². The molecule has 3 rings (SSSR count). The fourth-order valence-electron chi connectivity index (χ4n) is 3.30. The van der Waals surface area contributed by atoms with Gasteiger partial charge < -0.3 is 9.46 Å². The molecule has 1 aliphatic rings. The predicted octanol–water partition coefficient (Wildman–Crippen LogP) is 8.23. The molecule has 3 nitrogen and oxygen atoms in total. The van der Waals surface area contributed by atoms with Crippen LogP contribution in [0.1, 0.15) is 38.7 Å². The predicted molar refractivity (Wildman–Crippen MR) is 140 cm³/mol. The van der Waals surface area contributed by atoms with Gasteiger partial charge in [-0.3, -0.25) is 0 Å². The molecular weight excluding hydrogens is 463 g/mol. The molecule has 0 aromatic heterocycles. The Morgan fingerprint density at radius 3 is 2.75 bits per heavy atom. The van der Waals surface area contributed by atoms with Crippen LogP contribution in [0.3, 0.4) is 0 Å². The summed E-state index contributed by atoms with van der Waals surface area (Å²) in [6, 6.07) is 13.3. The third kappa shape index (κ3) is 7.61. The van der Waals surface area contributed by atoms with Gasteiger partial charge in [0, 0.05) is 17.4 Å². The quantitative estimate of drug-likeness (QED) is 0.282. The van der Waals surface area contributed by atoms with Crippen molar-refractivity contribution in [2.45, 2.75) is 38.0 Å². The zero-order valence-corrected chi connectivity index (χ0v) is 21.1. The molecule has 0 saturated carbocycles. The fourth-order valence-corrected chi connectivity index (χ4v) is 4.69. The molecule has 7 heteroatoms. The van der Waals surface area contributed by atoms with E-state index in [0.29, 0.717) is 28.1 Å². The largest absolute Gasteiger partial charge is 0.491 e. The average Bonchev–Trinajstić information content (AvgIpc) is 2.84. The van der Waals surface area contributed by atoms with Crippen LogP contribution in [-0.4, -0.2) is 19.6 Å². The van der Waals surface area contributed by atoms with Crippen molar-refractivity contribution in [1.82, 2.24) is 4.72 Å². The highest BCUT2D eigenvalue weighted by Crippen LogP contribution is 2.36. The number of benzene rings is 2. The second-order valence-corrected chi connectivity index (χ2v) is 8.74. The van der Waals surface area contributed by atoms with Crippen LogP contribution in [0.25, 0.3) is 5.57 Å². The maximum atomic E-state index is 14.6. The Labute approximate surface area is 204 Å². The van der Waals surface area contributed by atoms with Crippen LogP contribution in [0.4, 0.5) is 4.39 Å². The molecule has 0 heterocycles. The molecule has 1 unspecified atom stereocenters. The zero-order valence-electron chi connectivity index (χ0n) is 18.7. The number of hydrogen-bond donors (Lipinski definition) is 1. The third-order valence-electron chi connectivity index (χ3n) is 4.76. The van der Waals surface area contributed by atoms with Crippen LogP contribution in [0, 0.1) is 11.7 Å². The lowest BCUT2D eigenvalue weighted by Gasteiger charge is -2.25. The topological polar surface area (TPSA) is 33.6 Å². The second-order valence-electron chi connectivity index (χ2n) is 6.78. The maximum absolute atomic E-state index is 14.6. The Morgan fingerprint density at radius 1 is 1.31 bits per heavy atom. The summed E-state index contributed by atoms with van der Waals surface area (Å²) in [4.78, 5) is 4.21. The molecule has 0 amide bonds. The molecular formula is C25H30ClFN2OS2. The summed E-state index contributed by atoms with van der Waals surface area (Å²) in [5.41, 5.74) is 2.51. The highest BCUT2D eigenvalue weighted by molar-refractivity contribution is 8.01. The molecule has 32 heavy (non-hydrogen) atoms. The molecule has 1 atom stereocenters. The van der Waals surface area contributed by atoms with Crippen LogP contribution in [0.2, 0.25) is 5.02 Å². The lowest BCUT2D eigenvalue weighted by Crippen LogP contribution is -2.17. The number of hydrogen-bond acceptors (Lipinski definition) is 5. The van der Waals surface area contributed by atoms with E-state index in [1.807, 2.05) is 38.3 Å². The smallest absolute Gasteiger partial charge is 0.142 e. The molecule has 1 N–H and O–H groups in total.